The van der Waals surface area contributed by atoms with Crippen molar-refractivity contribution in [1.29, 1.82) is 0 Å². The summed E-state index contributed by atoms with van der Waals surface area (Å²) in [4.78, 5) is 13.2. The fourth-order valence-electron chi connectivity index (χ4n) is 4.54. The molecule has 1 aliphatic heterocycles. The molecule has 1 aromatic carbocycles. The molecule has 1 N–H and O–H groups in total. The number of carbonyl (C=O) groups excluding carboxylic acids is 1. The summed E-state index contributed by atoms with van der Waals surface area (Å²) in [6.45, 7) is 6.38. The fourth-order valence-corrected chi connectivity index (χ4v) is 10.4. The summed E-state index contributed by atoms with van der Waals surface area (Å²) in [5, 5.41) is 4.02. The van der Waals surface area contributed by atoms with Gasteiger partial charge < -0.3 is 5.32 Å². The van der Waals surface area contributed by atoms with E-state index in [9.17, 15) is 4.79 Å². The molecule has 2 aliphatic rings. The maximum absolute atomic E-state index is 13.2. The number of aryl methyl sites for hydroxylation is 2. The van der Waals surface area contributed by atoms with Crippen LogP contribution in [0.25, 0.3) is 0 Å². The number of hydrogen-bond donors (Lipinski definition) is 1. The highest BCUT2D eigenvalue weighted by molar-refractivity contribution is 7.78. The minimum atomic E-state index is -1.13. The van der Waals surface area contributed by atoms with Crippen molar-refractivity contribution in [3.63, 3.8) is 0 Å². The Morgan fingerprint density at radius 1 is 1.17 bits per heavy atom. The van der Waals surface area contributed by atoms with Gasteiger partial charge in [0, 0.05) is 30.8 Å². The molecular formula is C19H28ClNOP+. The van der Waals surface area contributed by atoms with E-state index in [2.05, 4.69) is 12.2 Å². The summed E-state index contributed by atoms with van der Waals surface area (Å²) in [5.41, 5.74) is 3.09. The van der Waals surface area contributed by atoms with Crippen LogP contribution in [0.1, 0.15) is 50.2 Å². The van der Waals surface area contributed by atoms with Crippen molar-refractivity contribution in [3.8, 4) is 0 Å². The molecule has 1 aromatic rings. The van der Waals surface area contributed by atoms with E-state index in [1.54, 1.807) is 0 Å². The predicted molar refractivity (Wildman–Crippen MR) is 103 cm³/mol. The summed E-state index contributed by atoms with van der Waals surface area (Å²) in [6.07, 6.45) is 10.1. The first-order valence-corrected chi connectivity index (χ1v) is 11.6. The van der Waals surface area contributed by atoms with E-state index in [1.165, 1.54) is 37.7 Å². The smallest absolute Gasteiger partial charge is 0.268 e. The highest BCUT2D eigenvalue weighted by Gasteiger charge is 2.69. The minimum Gasteiger partial charge on any atom is -0.322 e. The number of rotatable bonds is 4. The normalized spacial score (nSPS) is 21.7. The Morgan fingerprint density at radius 3 is 2.22 bits per heavy atom. The van der Waals surface area contributed by atoms with Gasteiger partial charge in [-0.25, -0.2) is 0 Å². The first-order valence-electron chi connectivity index (χ1n) is 8.88. The second-order valence-electron chi connectivity index (χ2n) is 7.37. The van der Waals surface area contributed by atoms with Gasteiger partial charge in [0.2, 0.25) is 0 Å². The van der Waals surface area contributed by atoms with E-state index in [0.717, 1.165) is 34.7 Å². The van der Waals surface area contributed by atoms with Crippen molar-refractivity contribution in [3.05, 3.63) is 28.3 Å². The number of amides is 1. The lowest BCUT2D eigenvalue weighted by Crippen LogP contribution is -2.37. The van der Waals surface area contributed by atoms with Crippen LogP contribution in [0.3, 0.4) is 0 Å². The van der Waals surface area contributed by atoms with Crippen LogP contribution in [-0.2, 0) is 4.79 Å². The van der Waals surface area contributed by atoms with Crippen LogP contribution in [0.2, 0.25) is 5.02 Å². The first-order chi connectivity index (χ1) is 10.9. The predicted octanol–water partition coefficient (Wildman–Crippen LogP) is 5.65. The molecular weight excluding hydrogens is 325 g/mol. The van der Waals surface area contributed by atoms with E-state index in [4.69, 9.17) is 11.6 Å². The van der Waals surface area contributed by atoms with Crippen LogP contribution in [0.15, 0.2) is 12.1 Å². The van der Waals surface area contributed by atoms with Crippen LogP contribution >= 0.6 is 18.9 Å². The summed E-state index contributed by atoms with van der Waals surface area (Å²) >= 11 is 6.12. The molecule has 0 unspecified atom stereocenters. The first kappa shape index (κ1) is 17.2. The number of carbonyl (C=O) groups is 1. The van der Waals surface area contributed by atoms with E-state index in [0.29, 0.717) is 5.91 Å². The van der Waals surface area contributed by atoms with Crippen molar-refractivity contribution in [1.82, 2.24) is 0 Å². The third-order valence-electron chi connectivity index (χ3n) is 6.07. The largest absolute Gasteiger partial charge is 0.322 e. The molecule has 3 rings (SSSR count). The van der Waals surface area contributed by atoms with Crippen molar-refractivity contribution in [2.75, 3.05) is 23.8 Å². The van der Waals surface area contributed by atoms with Crippen LogP contribution in [-0.4, -0.2) is 29.5 Å². The molecule has 1 aliphatic carbocycles. The van der Waals surface area contributed by atoms with Gasteiger partial charge in [-0.05, 0) is 63.3 Å². The maximum Gasteiger partial charge on any atom is 0.268 e. The van der Waals surface area contributed by atoms with E-state index >= 15 is 0 Å². The van der Waals surface area contributed by atoms with Crippen molar-refractivity contribution >= 4 is 30.5 Å². The Bertz CT molecular complexity index is 595. The Balaban J connectivity index is 1.86. The quantitative estimate of drug-likeness (QED) is 0.697. The molecule has 0 spiro atoms. The molecule has 23 heavy (non-hydrogen) atoms. The lowest BCUT2D eigenvalue weighted by Gasteiger charge is -2.36. The Kier molecular flexibility index (Phi) is 4.78. The van der Waals surface area contributed by atoms with Gasteiger partial charge in [-0.2, -0.15) is 0 Å². The molecule has 0 bridgehead atoms. The highest BCUT2D eigenvalue weighted by Crippen LogP contribution is 2.79. The zero-order valence-electron chi connectivity index (χ0n) is 14.5. The zero-order valence-corrected chi connectivity index (χ0v) is 16.2. The second-order valence-corrected chi connectivity index (χ2v) is 12.5. The fraction of sp³-hybridized carbons (Fsp3) is 0.632. The van der Waals surface area contributed by atoms with Crippen molar-refractivity contribution < 1.29 is 4.79 Å². The molecule has 126 valence electrons. The third-order valence-corrected chi connectivity index (χ3v) is 12.3. The number of halogens is 1. The molecule has 2 nitrogen and oxygen atoms in total. The number of nitrogens with one attached hydrogen (secondary N) is 1. The standard InChI is InChI=1S/C19H27ClNOP/c1-4-23(10-6-5-7-11-23)19(8-9-19)18(22)21-17-14(2)12-16(20)13-15(17)3/h12-13H,4-11H2,1-3H3/p+1. The Labute approximate surface area is 145 Å². The highest BCUT2D eigenvalue weighted by atomic mass is 35.5. The van der Waals surface area contributed by atoms with E-state index in [1.807, 2.05) is 26.0 Å². The van der Waals surface area contributed by atoms with Crippen molar-refractivity contribution in [2.24, 2.45) is 0 Å². The molecule has 4 heteroatoms. The molecule has 0 aromatic heterocycles. The van der Waals surface area contributed by atoms with Gasteiger partial charge in [-0.15, -0.1) is 0 Å². The summed E-state index contributed by atoms with van der Waals surface area (Å²) in [6, 6.07) is 3.88. The third kappa shape index (κ3) is 2.94. The summed E-state index contributed by atoms with van der Waals surface area (Å²) in [5.74, 6) is 0.295. The van der Waals surface area contributed by atoms with Gasteiger partial charge in [0.25, 0.3) is 5.91 Å². The molecule has 1 heterocycles. The average Bonchev–Trinajstić information content (AvgIpc) is 3.33. The summed E-state index contributed by atoms with van der Waals surface area (Å²) in [7, 11) is -1.13. The number of benzene rings is 1. The van der Waals surface area contributed by atoms with E-state index < -0.39 is 7.26 Å². The van der Waals surface area contributed by atoms with Crippen LogP contribution < -0.4 is 5.32 Å². The Hall–Kier alpha value is -0.590. The van der Waals surface area contributed by atoms with Gasteiger partial charge in [-0.3, -0.25) is 4.79 Å². The van der Waals surface area contributed by atoms with E-state index in [-0.39, 0.29) is 5.16 Å². The zero-order chi connectivity index (χ0) is 16.7. The van der Waals surface area contributed by atoms with Gasteiger partial charge in [-0.1, -0.05) is 11.6 Å². The lowest BCUT2D eigenvalue weighted by molar-refractivity contribution is -0.116. The van der Waals surface area contributed by atoms with Crippen LogP contribution in [0, 0.1) is 13.8 Å². The topological polar surface area (TPSA) is 29.1 Å². The maximum atomic E-state index is 13.2. The number of anilines is 1. The van der Waals surface area contributed by atoms with Gasteiger partial charge in [0.15, 0.2) is 5.16 Å². The van der Waals surface area contributed by atoms with Crippen LogP contribution in [0.5, 0.6) is 0 Å². The van der Waals surface area contributed by atoms with Gasteiger partial charge >= 0.3 is 0 Å². The lowest BCUT2D eigenvalue weighted by atomic mass is 10.1. The average molecular weight is 353 g/mol. The Morgan fingerprint density at radius 2 is 1.74 bits per heavy atom. The SMILES string of the molecule is CC[P+]1(C2(C(=O)Nc3c(C)cc(Cl)cc3C)CC2)CCCCC1. The van der Waals surface area contributed by atoms with Gasteiger partial charge in [0.1, 0.15) is 0 Å². The monoisotopic (exact) mass is 352 g/mol. The molecule has 1 amide bonds. The van der Waals surface area contributed by atoms with Gasteiger partial charge in [0.05, 0.1) is 18.5 Å². The van der Waals surface area contributed by atoms with Crippen LogP contribution in [0.4, 0.5) is 5.69 Å². The molecule has 0 atom stereocenters. The second kappa shape index (κ2) is 6.37. The van der Waals surface area contributed by atoms with Crippen molar-refractivity contribution in [2.45, 2.75) is 58.0 Å². The molecule has 0 radical (unpaired) electrons. The summed E-state index contributed by atoms with van der Waals surface area (Å²) < 4.78 is 0. The molecule has 2 fully saturated rings. The number of hydrogen-bond acceptors (Lipinski definition) is 1. The molecule has 1 saturated carbocycles. The minimum absolute atomic E-state index is 0.0132. The molecule has 1 saturated heterocycles.